The first-order valence-electron chi connectivity index (χ1n) is 11.3. The lowest BCUT2D eigenvalue weighted by Gasteiger charge is -2.21. The molecule has 1 aromatic heterocycles. The van der Waals surface area contributed by atoms with E-state index in [-0.39, 0.29) is 12.5 Å². The molecule has 4 aromatic rings. The number of hydrogen-bond acceptors (Lipinski definition) is 7. The molecule has 35 heavy (non-hydrogen) atoms. The molecule has 0 bridgehead atoms. The Hall–Kier alpha value is -4.46. The zero-order chi connectivity index (χ0) is 24.0. The molecule has 5 rings (SSSR count). The molecule has 0 aliphatic carbocycles. The van der Waals surface area contributed by atoms with Crippen molar-refractivity contribution in [2.24, 2.45) is 5.16 Å². The quantitative estimate of drug-likeness (QED) is 0.358. The second kappa shape index (κ2) is 10.2. The number of amides is 1. The van der Waals surface area contributed by atoms with E-state index in [9.17, 15) is 4.79 Å². The maximum Gasteiger partial charge on any atom is 0.264 e. The van der Waals surface area contributed by atoms with E-state index in [1.165, 1.54) is 7.11 Å². The number of nitrogens with zero attached hydrogens (tertiary/aromatic N) is 4. The molecule has 0 unspecified atom stereocenters. The monoisotopic (exact) mass is 468 g/mol. The Kier molecular flexibility index (Phi) is 6.52. The Morgan fingerprint density at radius 1 is 1.00 bits per heavy atom. The third-order valence-electron chi connectivity index (χ3n) is 5.77. The van der Waals surface area contributed by atoms with Crippen molar-refractivity contribution in [2.75, 3.05) is 13.7 Å². The molecule has 0 spiro atoms. The normalized spacial score (nSPS) is 16.4. The molecule has 8 heteroatoms. The van der Waals surface area contributed by atoms with Gasteiger partial charge in [0.15, 0.2) is 12.4 Å². The molecule has 1 aliphatic heterocycles. The van der Waals surface area contributed by atoms with Crippen LogP contribution >= 0.6 is 0 Å². The van der Waals surface area contributed by atoms with Gasteiger partial charge >= 0.3 is 0 Å². The van der Waals surface area contributed by atoms with E-state index in [1.807, 2.05) is 84.9 Å². The summed E-state index contributed by atoms with van der Waals surface area (Å²) < 4.78 is 11.1. The van der Waals surface area contributed by atoms with Crippen LogP contribution in [0.5, 0.6) is 5.75 Å². The standard InChI is InChI=1S/C27H24N4O4/c1-33-29-22-16-24(26-28-25(35-30-26)18-34-23-10-6-3-7-11-23)31(17-22)27(32)21-14-12-20(13-15-21)19-8-4-2-5-9-19/h2-15,24H,16-18H2,1H3/b29-22+/t24-/m0/s1. The Morgan fingerprint density at radius 2 is 1.69 bits per heavy atom. The maximum atomic E-state index is 13.5. The van der Waals surface area contributed by atoms with Gasteiger partial charge in [0, 0.05) is 12.0 Å². The van der Waals surface area contributed by atoms with Gasteiger partial charge in [-0.25, -0.2) is 0 Å². The highest BCUT2D eigenvalue weighted by molar-refractivity contribution is 6.00. The zero-order valence-corrected chi connectivity index (χ0v) is 19.2. The molecule has 1 atom stereocenters. The summed E-state index contributed by atoms with van der Waals surface area (Å²) >= 11 is 0. The number of hydrogen-bond donors (Lipinski definition) is 0. The zero-order valence-electron chi connectivity index (χ0n) is 19.2. The highest BCUT2D eigenvalue weighted by atomic mass is 16.6. The van der Waals surface area contributed by atoms with Gasteiger partial charge in [-0.2, -0.15) is 4.98 Å². The Morgan fingerprint density at radius 3 is 2.40 bits per heavy atom. The highest BCUT2D eigenvalue weighted by Crippen LogP contribution is 2.31. The fourth-order valence-electron chi connectivity index (χ4n) is 4.07. The minimum absolute atomic E-state index is 0.136. The lowest BCUT2D eigenvalue weighted by molar-refractivity contribution is 0.0732. The largest absolute Gasteiger partial charge is 0.484 e. The number of likely N-dealkylation sites (tertiary alicyclic amines) is 1. The van der Waals surface area contributed by atoms with Gasteiger partial charge < -0.3 is 19.0 Å². The van der Waals surface area contributed by atoms with Crippen molar-refractivity contribution >= 4 is 11.6 Å². The van der Waals surface area contributed by atoms with Gasteiger partial charge in [-0.15, -0.1) is 0 Å². The third-order valence-corrected chi connectivity index (χ3v) is 5.77. The van der Waals surface area contributed by atoms with Gasteiger partial charge in [-0.3, -0.25) is 4.79 Å². The molecule has 0 N–H and O–H groups in total. The summed E-state index contributed by atoms with van der Waals surface area (Å²) in [5, 5.41) is 8.20. The van der Waals surface area contributed by atoms with E-state index in [0.717, 1.165) is 16.8 Å². The number of carbonyl (C=O) groups is 1. The van der Waals surface area contributed by atoms with Crippen molar-refractivity contribution in [3.8, 4) is 16.9 Å². The van der Waals surface area contributed by atoms with Crippen molar-refractivity contribution in [2.45, 2.75) is 19.1 Å². The van der Waals surface area contributed by atoms with E-state index in [0.29, 0.717) is 36.0 Å². The second-order valence-electron chi connectivity index (χ2n) is 8.08. The van der Waals surface area contributed by atoms with Gasteiger partial charge in [0.25, 0.3) is 11.8 Å². The fraction of sp³-hybridized carbons (Fsp3) is 0.185. The van der Waals surface area contributed by atoms with Crippen LogP contribution in [-0.4, -0.2) is 40.3 Å². The van der Waals surface area contributed by atoms with Crippen molar-refractivity contribution in [1.82, 2.24) is 15.0 Å². The van der Waals surface area contributed by atoms with Crippen LogP contribution in [0, 0.1) is 0 Å². The molecule has 0 saturated carbocycles. The molecule has 1 amide bonds. The van der Waals surface area contributed by atoms with Crippen LogP contribution in [0.2, 0.25) is 0 Å². The molecule has 0 radical (unpaired) electrons. The highest BCUT2D eigenvalue weighted by Gasteiger charge is 2.38. The molecular weight excluding hydrogens is 444 g/mol. The van der Waals surface area contributed by atoms with Crippen LogP contribution in [0.15, 0.2) is 94.6 Å². The topological polar surface area (TPSA) is 90.1 Å². The summed E-state index contributed by atoms with van der Waals surface area (Å²) in [4.78, 5) is 24.6. The number of oxime groups is 1. The minimum atomic E-state index is -0.417. The van der Waals surface area contributed by atoms with E-state index in [2.05, 4.69) is 15.3 Å². The summed E-state index contributed by atoms with van der Waals surface area (Å²) in [6.07, 6.45) is 0.459. The van der Waals surface area contributed by atoms with Crippen molar-refractivity contribution in [1.29, 1.82) is 0 Å². The van der Waals surface area contributed by atoms with Crippen LogP contribution in [0.25, 0.3) is 11.1 Å². The molecule has 3 aromatic carbocycles. The van der Waals surface area contributed by atoms with Crippen LogP contribution in [0.4, 0.5) is 0 Å². The average molecular weight is 469 g/mol. The van der Waals surface area contributed by atoms with Crippen molar-refractivity contribution in [3.63, 3.8) is 0 Å². The molecule has 1 fully saturated rings. The number of aromatic nitrogens is 2. The fourth-order valence-corrected chi connectivity index (χ4v) is 4.07. The first-order valence-corrected chi connectivity index (χ1v) is 11.3. The summed E-state index contributed by atoms with van der Waals surface area (Å²) in [6.45, 7) is 0.458. The summed E-state index contributed by atoms with van der Waals surface area (Å²) in [6, 6.07) is 26.6. The van der Waals surface area contributed by atoms with Crippen LogP contribution in [0.3, 0.4) is 0 Å². The molecule has 176 valence electrons. The van der Waals surface area contributed by atoms with Gasteiger partial charge in [0.2, 0.25) is 0 Å². The molecule has 1 aliphatic rings. The lowest BCUT2D eigenvalue weighted by atomic mass is 10.0. The molecule has 8 nitrogen and oxygen atoms in total. The Balaban J connectivity index is 1.34. The minimum Gasteiger partial charge on any atom is -0.484 e. The number of ether oxygens (including phenoxy) is 1. The maximum absolute atomic E-state index is 13.5. The van der Waals surface area contributed by atoms with E-state index in [4.69, 9.17) is 14.1 Å². The van der Waals surface area contributed by atoms with Gasteiger partial charge in [0.1, 0.15) is 18.9 Å². The van der Waals surface area contributed by atoms with Crippen LogP contribution < -0.4 is 4.74 Å². The molecule has 2 heterocycles. The molecule has 1 saturated heterocycles. The Bertz CT molecular complexity index is 1300. The summed E-state index contributed by atoms with van der Waals surface area (Å²) in [5.41, 5.74) is 3.45. The van der Waals surface area contributed by atoms with Crippen molar-refractivity contribution < 1.29 is 18.9 Å². The predicted octanol–water partition coefficient (Wildman–Crippen LogP) is 4.91. The lowest BCUT2D eigenvalue weighted by Crippen LogP contribution is -2.31. The smallest absolute Gasteiger partial charge is 0.264 e. The summed E-state index contributed by atoms with van der Waals surface area (Å²) in [5.74, 6) is 1.31. The third kappa shape index (κ3) is 5.06. The molecular formula is C27H24N4O4. The second-order valence-corrected chi connectivity index (χ2v) is 8.08. The Labute approximate surface area is 202 Å². The van der Waals surface area contributed by atoms with Gasteiger partial charge in [0.05, 0.1) is 12.3 Å². The number of benzene rings is 3. The number of carbonyl (C=O) groups excluding carboxylic acids is 1. The van der Waals surface area contributed by atoms with Crippen LogP contribution in [0.1, 0.15) is 34.5 Å². The van der Waals surface area contributed by atoms with Crippen LogP contribution in [-0.2, 0) is 11.4 Å². The van der Waals surface area contributed by atoms with E-state index >= 15 is 0 Å². The number of rotatable bonds is 7. The number of para-hydroxylation sites is 1. The van der Waals surface area contributed by atoms with Gasteiger partial charge in [-0.1, -0.05) is 71.0 Å². The predicted molar refractivity (Wildman–Crippen MR) is 130 cm³/mol. The summed E-state index contributed by atoms with van der Waals surface area (Å²) in [7, 11) is 1.49. The van der Waals surface area contributed by atoms with E-state index < -0.39 is 6.04 Å². The van der Waals surface area contributed by atoms with E-state index in [1.54, 1.807) is 4.90 Å². The van der Waals surface area contributed by atoms with Crippen molar-refractivity contribution in [3.05, 3.63) is 102 Å². The SMILES string of the molecule is CO/N=C1\C[C@@H](c2noc(COc3ccccc3)n2)N(C(=O)c2ccc(-c3ccccc3)cc2)C1. The average Bonchev–Trinajstić information content (AvgIpc) is 3.56. The van der Waals surface area contributed by atoms with Gasteiger partial charge in [-0.05, 0) is 35.4 Å². The first-order chi connectivity index (χ1) is 17.2. The first kappa shape index (κ1) is 22.3.